The summed E-state index contributed by atoms with van der Waals surface area (Å²) in [4.78, 5) is 22.4. The quantitative estimate of drug-likeness (QED) is 0.708. The van der Waals surface area contributed by atoms with Gasteiger partial charge < -0.3 is 10.4 Å². The molecule has 0 heterocycles. The van der Waals surface area contributed by atoms with Gasteiger partial charge in [0, 0.05) is 13.0 Å². The van der Waals surface area contributed by atoms with E-state index in [4.69, 9.17) is 5.11 Å². The Labute approximate surface area is 124 Å². The Morgan fingerprint density at radius 2 is 1.90 bits per heavy atom. The number of carboxylic acid groups (broad SMARTS) is 1. The molecule has 0 unspecified atom stereocenters. The number of nitrogens with one attached hydrogen (secondary N) is 1. The van der Waals surface area contributed by atoms with Crippen molar-refractivity contribution in [2.24, 2.45) is 0 Å². The molecule has 2 N–H and O–H groups in total. The van der Waals surface area contributed by atoms with Crippen molar-refractivity contribution in [1.82, 2.24) is 5.32 Å². The summed E-state index contributed by atoms with van der Waals surface area (Å²) in [6, 6.07) is 6.03. The molecule has 0 aromatic heterocycles. The van der Waals surface area contributed by atoms with Crippen LogP contribution in [-0.4, -0.2) is 37.7 Å². The van der Waals surface area contributed by atoms with Gasteiger partial charge in [0.05, 0.1) is 16.2 Å². The maximum Gasteiger partial charge on any atom is 0.303 e. The highest BCUT2D eigenvalue weighted by Gasteiger charge is 2.21. The van der Waals surface area contributed by atoms with Crippen molar-refractivity contribution in [1.29, 1.82) is 0 Å². The molecule has 0 spiro atoms. The van der Waals surface area contributed by atoms with E-state index in [1.54, 1.807) is 19.1 Å². The summed E-state index contributed by atoms with van der Waals surface area (Å²) in [5.41, 5.74) is 0.0984. The molecule has 1 aromatic carbocycles. The summed E-state index contributed by atoms with van der Waals surface area (Å²) >= 11 is 0. The Kier molecular flexibility index (Phi) is 6.36. The molecule has 0 aliphatic heterocycles. The summed E-state index contributed by atoms with van der Waals surface area (Å²) in [6.07, 6.45) is 0.720. The van der Waals surface area contributed by atoms with Gasteiger partial charge in [-0.2, -0.15) is 0 Å². The predicted octanol–water partition coefficient (Wildman–Crippen LogP) is 1.46. The zero-order valence-corrected chi connectivity index (χ0v) is 12.6. The molecule has 116 valence electrons. The first kappa shape index (κ1) is 17.2. The number of amides is 1. The second-order valence-corrected chi connectivity index (χ2v) is 6.65. The second-order valence-electron chi connectivity index (χ2n) is 4.57. The zero-order valence-electron chi connectivity index (χ0n) is 11.8. The molecule has 0 saturated carbocycles. The highest BCUT2D eigenvalue weighted by Crippen LogP contribution is 2.17. The fourth-order valence-electron chi connectivity index (χ4n) is 1.84. The van der Waals surface area contributed by atoms with E-state index in [0.29, 0.717) is 12.8 Å². The second kappa shape index (κ2) is 7.78. The highest BCUT2D eigenvalue weighted by molar-refractivity contribution is 7.91. The number of hydrogen-bond acceptors (Lipinski definition) is 4. The van der Waals surface area contributed by atoms with Crippen LogP contribution in [0.15, 0.2) is 29.2 Å². The lowest BCUT2D eigenvalue weighted by atomic mass is 10.2. The molecule has 1 amide bonds. The summed E-state index contributed by atoms with van der Waals surface area (Å²) in [7, 11) is -3.49. The van der Waals surface area contributed by atoms with Crippen LogP contribution < -0.4 is 5.32 Å². The Bertz CT molecular complexity index is 610. The number of sulfone groups is 1. The van der Waals surface area contributed by atoms with Crippen LogP contribution in [0.4, 0.5) is 0 Å². The summed E-state index contributed by atoms with van der Waals surface area (Å²) in [5, 5.41) is 11.1. The first-order valence-corrected chi connectivity index (χ1v) is 8.35. The normalized spacial score (nSPS) is 11.1. The third-order valence-electron chi connectivity index (χ3n) is 2.79. The van der Waals surface area contributed by atoms with Gasteiger partial charge in [-0.05, 0) is 25.0 Å². The average Bonchev–Trinajstić information content (AvgIpc) is 2.43. The van der Waals surface area contributed by atoms with Crippen LogP contribution in [0.25, 0.3) is 0 Å². The van der Waals surface area contributed by atoms with Crippen molar-refractivity contribution in [3.63, 3.8) is 0 Å². The van der Waals surface area contributed by atoms with Gasteiger partial charge in [-0.15, -0.1) is 0 Å². The highest BCUT2D eigenvalue weighted by atomic mass is 32.2. The van der Waals surface area contributed by atoms with Gasteiger partial charge in [0.25, 0.3) is 5.91 Å². The smallest absolute Gasteiger partial charge is 0.303 e. The van der Waals surface area contributed by atoms with E-state index in [0.717, 1.165) is 0 Å². The number of hydrogen-bond donors (Lipinski definition) is 2. The average molecular weight is 313 g/mol. The summed E-state index contributed by atoms with van der Waals surface area (Å²) < 4.78 is 24.2. The van der Waals surface area contributed by atoms with Gasteiger partial charge >= 0.3 is 5.97 Å². The first-order chi connectivity index (χ1) is 9.88. The van der Waals surface area contributed by atoms with E-state index in [9.17, 15) is 18.0 Å². The van der Waals surface area contributed by atoms with Gasteiger partial charge in [-0.1, -0.05) is 19.1 Å². The van der Waals surface area contributed by atoms with Crippen LogP contribution in [0.1, 0.15) is 36.5 Å². The third kappa shape index (κ3) is 5.18. The van der Waals surface area contributed by atoms with E-state index in [-0.39, 0.29) is 29.2 Å². The van der Waals surface area contributed by atoms with E-state index >= 15 is 0 Å². The molecule has 21 heavy (non-hydrogen) atoms. The molecule has 0 fully saturated rings. The molecular weight excluding hydrogens is 294 g/mol. The summed E-state index contributed by atoms with van der Waals surface area (Å²) in [6.45, 7) is 1.94. The zero-order chi connectivity index (χ0) is 15.9. The van der Waals surface area contributed by atoms with Crippen LogP contribution >= 0.6 is 0 Å². The van der Waals surface area contributed by atoms with Crippen molar-refractivity contribution in [2.45, 2.75) is 31.1 Å². The van der Waals surface area contributed by atoms with Crippen molar-refractivity contribution < 1.29 is 23.1 Å². The molecule has 0 aliphatic carbocycles. The van der Waals surface area contributed by atoms with Gasteiger partial charge in [-0.3, -0.25) is 9.59 Å². The maximum absolute atomic E-state index is 12.1. The molecule has 1 aromatic rings. The fourth-order valence-corrected chi connectivity index (χ4v) is 3.38. The molecule has 0 aliphatic rings. The number of benzene rings is 1. The minimum atomic E-state index is -3.49. The molecule has 0 bridgehead atoms. The number of carboxylic acids is 1. The van der Waals surface area contributed by atoms with Crippen LogP contribution in [0, 0.1) is 0 Å². The Morgan fingerprint density at radius 1 is 1.24 bits per heavy atom. The van der Waals surface area contributed by atoms with Crippen LogP contribution in [0.3, 0.4) is 0 Å². The van der Waals surface area contributed by atoms with Crippen LogP contribution in [0.2, 0.25) is 0 Å². The Morgan fingerprint density at radius 3 is 2.52 bits per heavy atom. The number of carbonyl (C=O) groups is 2. The predicted molar refractivity (Wildman–Crippen MR) is 78.0 cm³/mol. The lowest BCUT2D eigenvalue weighted by Gasteiger charge is -2.10. The fraction of sp³-hybridized carbons (Fsp3) is 0.429. The molecule has 6 nitrogen and oxygen atoms in total. The molecule has 0 saturated heterocycles. The molecule has 7 heteroatoms. The molecule has 1 rings (SSSR count). The molecular formula is C14H19NO5S. The van der Waals surface area contributed by atoms with Crippen molar-refractivity contribution in [3.05, 3.63) is 29.8 Å². The Hall–Kier alpha value is -1.89. The van der Waals surface area contributed by atoms with Crippen molar-refractivity contribution >= 4 is 21.7 Å². The minimum absolute atomic E-state index is 0.0163. The molecule has 0 atom stereocenters. The monoisotopic (exact) mass is 313 g/mol. The van der Waals surface area contributed by atoms with E-state index in [2.05, 4.69) is 5.32 Å². The van der Waals surface area contributed by atoms with Gasteiger partial charge in [0.1, 0.15) is 0 Å². The maximum atomic E-state index is 12.1. The van der Waals surface area contributed by atoms with Crippen molar-refractivity contribution in [2.75, 3.05) is 12.3 Å². The number of rotatable bonds is 8. The standard InChI is InChI=1S/C14H19NO5S/c1-2-10-21(19,20)12-7-4-3-6-11(12)14(18)15-9-5-8-13(16)17/h3-4,6-7H,2,5,8-10H2,1H3,(H,15,18)(H,16,17). The SMILES string of the molecule is CCCS(=O)(=O)c1ccccc1C(=O)NCCCC(=O)O. The van der Waals surface area contributed by atoms with Gasteiger partial charge in [-0.25, -0.2) is 8.42 Å². The topological polar surface area (TPSA) is 101 Å². The molecule has 0 radical (unpaired) electrons. The minimum Gasteiger partial charge on any atom is -0.481 e. The Balaban J connectivity index is 2.83. The van der Waals surface area contributed by atoms with Crippen LogP contribution in [0.5, 0.6) is 0 Å². The summed E-state index contributed by atoms with van der Waals surface area (Å²) in [5.74, 6) is -1.46. The number of carbonyl (C=O) groups excluding carboxylic acids is 1. The van der Waals surface area contributed by atoms with E-state index < -0.39 is 21.7 Å². The number of aliphatic carboxylic acids is 1. The lowest BCUT2D eigenvalue weighted by molar-refractivity contribution is -0.137. The van der Waals surface area contributed by atoms with Gasteiger partial charge in [0.2, 0.25) is 0 Å². The van der Waals surface area contributed by atoms with E-state index in [1.165, 1.54) is 12.1 Å². The largest absolute Gasteiger partial charge is 0.481 e. The first-order valence-electron chi connectivity index (χ1n) is 6.70. The van der Waals surface area contributed by atoms with Crippen molar-refractivity contribution in [3.8, 4) is 0 Å². The van der Waals surface area contributed by atoms with E-state index in [1.807, 2.05) is 0 Å². The lowest BCUT2D eigenvalue weighted by Crippen LogP contribution is -2.26. The van der Waals surface area contributed by atoms with Crippen LogP contribution in [-0.2, 0) is 14.6 Å². The van der Waals surface area contributed by atoms with Gasteiger partial charge in [0.15, 0.2) is 9.84 Å². The third-order valence-corrected chi connectivity index (χ3v) is 4.76.